The van der Waals surface area contributed by atoms with Gasteiger partial charge in [0.2, 0.25) is 5.91 Å². The summed E-state index contributed by atoms with van der Waals surface area (Å²) in [5.74, 6) is -1.10. The number of alkyl halides is 3. The maximum atomic E-state index is 12.7. The first-order valence-corrected chi connectivity index (χ1v) is 9.99. The molecule has 0 saturated heterocycles. The third-order valence-corrected chi connectivity index (χ3v) is 5.18. The molecule has 1 unspecified atom stereocenters. The summed E-state index contributed by atoms with van der Waals surface area (Å²) in [4.78, 5) is 24.7. The van der Waals surface area contributed by atoms with Gasteiger partial charge in [-0.25, -0.2) is 14.6 Å². The molecule has 4 rings (SSSR count). The molecule has 0 aliphatic carbocycles. The minimum atomic E-state index is -4.68. The SMILES string of the molecule is CNc1cc2ncc(-c3cc(NC(=O)C(C)n4cnc(C(F)(F)F)n4)ccc3C)cc2cn1. The van der Waals surface area contributed by atoms with Crippen molar-refractivity contribution in [1.82, 2.24) is 24.7 Å². The fourth-order valence-corrected chi connectivity index (χ4v) is 3.28. The van der Waals surface area contributed by atoms with Gasteiger partial charge >= 0.3 is 6.18 Å². The van der Waals surface area contributed by atoms with E-state index in [1.165, 1.54) is 6.92 Å². The summed E-state index contributed by atoms with van der Waals surface area (Å²) in [5.41, 5.74) is 3.95. The van der Waals surface area contributed by atoms with Gasteiger partial charge in [-0.3, -0.25) is 9.78 Å². The number of nitrogens with zero attached hydrogens (tertiary/aromatic N) is 5. The van der Waals surface area contributed by atoms with Gasteiger partial charge in [0.1, 0.15) is 18.2 Å². The molecule has 0 aliphatic rings. The van der Waals surface area contributed by atoms with E-state index in [0.717, 1.165) is 38.6 Å². The number of aromatic nitrogens is 5. The van der Waals surface area contributed by atoms with E-state index < -0.39 is 23.9 Å². The maximum Gasteiger partial charge on any atom is 0.453 e. The number of amides is 1. The zero-order valence-corrected chi connectivity index (χ0v) is 18.0. The Morgan fingerprint density at radius 3 is 2.58 bits per heavy atom. The molecule has 0 saturated carbocycles. The van der Waals surface area contributed by atoms with Crippen LogP contribution in [0.2, 0.25) is 0 Å². The van der Waals surface area contributed by atoms with Crippen LogP contribution in [0.3, 0.4) is 0 Å². The average Bonchev–Trinajstić information content (AvgIpc) is 3.30. The van der Waals surface area contributed by atoms with Crippen LogP contribution in [0.15, 0.2) is 49.1 Å². The summed E-state index contributed by atoms with van der Waals surface area (Å²) in [7, 11) is 1.78. The van der Waals surface area contributed by atoms with Crippen LogP contribution in [-0.2, 0) is 11.0 Å². The number of anilines is 2. The van der Waals surface area contributed by atoms with Crippen LogP contribution in [0.5, 0.6) is 0 Å². The van der Waals surface area contributed by atoms with Crippen molar-refractivity contribution in [2.75, 3.05) is 17.7 Å². The highest BCUT2D eigenvalue weighted by Crippen LogP contribution is 2.29. The number of hydrogen-bond donors (Lipinski definition) is 2. The smallest absolute Gasteiger partial charge is 0.373 e. The highest BCUT2D eigenvalue weighted by atomic mass is 19.4. The Hall–Kier alpha value is -4.02. The van der Waals surface area contributed by atoms with Crippen molar-refractivity contribution in [3.63, 3.8) is 0 Å². The van der Waals surface area contributed by atoms with E-state index in [-0.39, 0.29) is 0 Å². The van der Waals surface area contributed by atoms with Crippen LogP contribution in [0.4, 0.5) is 24.7 Å². The first-order chi connectivity index (χ1) is 15.7. The third-order valence-electron chi connectivity index (χ3n) is 5.18. The van der Waals surface area contributed by atoms with Gasteiger partial charge in [0.15, 0.2) is 0 Å². The second-order valence-corrected chi connectivity index (χ2v) is 7.48. The predicted octanol–water partition coefficient (Wildman–Crippen LogP) is 4.46. The summed E-state index contributed by atoms with van der Waals surface area (Å²) >= 11 is 0. The van der Waals surface area contributed by atoms with Gasteiger partial charge < -0.3 is 10.6 Å². The molecule has 8 nitrogen and oxygen atoms in total. The van der Waals surface area contributed by atoms with E-state index in [2.05, 4.69) is 30.7 Å². The summed E-state index contributed by atoms with van der Waals surface area (Å²) in [6, 6.07) is 8.17. The molecule has 3 heterocycles. The standard InChI is InChI=1S/C22H20F3N7O/c1-12-4-5-16(30-20(33)13(2)32-11-29-21(31-32)22(23,24)25)7-17(12)14-6-15-10-28-19(26-3)8-18(15)27-9-14/h4-11,13H,1-3H3,(H,26,28)(H,30,33). The molecular formula is C22H20F3N7O. The van der Waals surface area contributed by atoms with E-state index in [1.54, 1.807) is 31.6 Å². The monoisotopic (exact) mass is 455 g/mol. The molecule has 0 aliphatic heterocycles. The van der Waals surface area contributed by atoms with Gasteiger partial charge in [-0.1, -0.05) is 6.07 Å². The first kappa shape index (κ1) is 22.2. The largest absolute Gasteiger partial charge is 0.453 e. The molecule has 0 bridgehead atoms. The number of benzene rings is 1. The third kappa shape index (κ3) is 4.61. The average molecular weight is 455 g/mol. The van der Waals surface area contributed by atoms with Crippen molar-refractivity contribution in [3.05, 3.63) is 60.4 Å². The Balaban J connectivity index is 1.57. The van der Waals surface area contributed by atoms with E-state index in [0.29, 0.717) is 11.5 Å². The highest BCUT2D eigenvalue weighted by Gasteiger charge is 2.36. The van der Waals surface area contributed by atoms with E-state index in [4.69, 9.17) is 0 Å². The number of aryl methyl sites for hydroxylation is 1. The zero-order valence-electron chi connectivity index (χ0n) is 18.0. The van der Waals surface area contributed by atoms with Crippen LogP contribution in [0, 0.1) is 6.92 Å². The van der Waals surface area contributed by atoms with Gasteiger partial charge in [0, 0.05) is 42.1 Å². The molecular weight excluding hydrogens is 435 g/mol. The maximum absolute atomic E-state index is 12.7. The van der Waals surface area contributed by atoms with Crippen LogP contribution < -0.4 is 10.6 Å². The number of carbonyl (C=O) groups is 1. The second-order valence-electron chi connectivity index (χ2n) is 7.48. The van der Waals surface area contributed by atoms with Gasteiger partial charge in [0.25, 0.3) is 5.82 Å². The van der Waals surface area contributed by atoms with E-state index in [1.807, 2.05) is 25.1 Å². The summed E-state index contributed by atoms with van der Waals surface area (Å²) in [6.45, 7) is 3.38. The minimum Gasteiger partial charge on any atom is -0.373 e. The number of hydrogen-bond acceptors (Lipinski definition) is 6. The number of pyridine rings is 2. The molecule has 2 N–H and O–H groups in total. The summed E-state index contributed by atoms with van der Waals surface area (Å²) in [5, 5.41) is 9.93. The number of rotatable bonds is 5. The molecule has 170 valence electrons. The number of carbonyl (C=O) groups excluding carboxylic acids is 1. The lowest BCUT2D eigenvalue weighted by atomic mass is 10.00. The number of nitrogens with one attached hydrogen (secondary N) is 2. The summed E-state index contributed by atoms with van der Waals surface area (Å²) < 4.78 is 39.1. The first-order valence-electron chi connectivity index (χ1n) is 9.99. The Kier molecular flexibility index (Phi) is 5.71. The van der Waals surface area contributed by atoms with Crippen molar-refractivity contribution in [1.29, 1.82) is 0 Å². The zero-order chi connectivity index (χ0) is 23.8. The van der Waals surface area contributed by atoms with Crippen molar-refractivity contribution in [2.45, 2.75) is 26.1 Å². The molecule has 0 spiro atoms. The van der Waals surface area contributed by atoms with E-state index >= 15 is 0 Å². The fourth-order valence-electron chi connectivity index (χ4n) is 3.28. The van der Waals surface area contributed by atoms with Gasteiger partial charge in [0.05, 0.1) is 5.52 Å². The number of halogens is 3. The van der Waals surface area contributed by atoms with E-state index in [9.17, 15) is 18.0 Å². The van der Waals surface area contributed by atoms with Crippen molar-refractivity contribution >= 4 is 28.3 Å². The van der Waals surface area contributed by atoms with Crippen LogP contribution in [0.25, 0.3) is 22.0 Å². The normalized spacial score (nSPS) is 12.5. The molecule has 1 aromatic carbocycles. The molecule has 33 heavy (non-hydrogen) atoms. The van der Waals surface area contributed by atoms with Gasteiger partial charge in [-0.2, -0.15) is 13.2 Å². The molecule has 0 fully saturated rings. The van der Waals surface area contributed by atoms with Gasteiger partial charge in [-0.15, -0.1) is 5.10 Å². The highest BCUT2D eigenvalue weighted by molar-refractivity contribution is 5.94. The molecule has 1 atom stereocenters. The van der Waals surface area contributed by atoms with Gasteiger partial charge in [-0.05, 0) is 43.2 Å². The van der Waals surface area contributed by atoms with Crippen molar-refractivity contribution in [3.8, 4) is 11.1 Å². The Bertz CT molecular complexity index is 1330. The number of fused-ring (bicyclic) bond motifs is 1. The molecule has 11 heteroatoms. The topological polar surface area (TPSA) is 97.6 Å². The predicted molar refractivity (Wildman–Crippen MR) is 118 cm³/mol. The van der Waals surface area contributed by atoms with Crippen LogP contribution in [-0.4, -0.2) is 37.7 Å². The quantitative estimate of drug-likeness (QED) is 0.461. The van der Waals surface area contributed by atoms with Crippen molar-refractivity contribution < 1.29 is 18.0 Å². The Morgan fingerprint density at radius 2 is 1.88 bits per heavy atom. The Morgan fingerprint density at radius 1 is 1.09 bits per heavy atom. The summed E-state index contributed by atoms with van der Waals surface area (Å²) in [6.07, 6.45) is -0.312. The molecule has 4 aromatic rings. The lowest BCUT2D eigenvalue weighted by Crippen LogP contribution is -2.24. The lowest BCUT2D eigenvalue weighted by Gasteiger charge is -2.14. The molecule has 1 amide bonds. The molecule has 0 radical (unpaired) electrons. The second kappa shape index (κ2) is 8.49. The van der Waals surface area contributed by atoms with Crippen LogP contribution >= 0.6 is 0 Å². The van der Waals surface area contributed by atoms with Crippen molar-refractivity contribution in [2.24, 2.45) is 0 Å². The fraction of sp³-hybridized carbons (Fsp3) is 0.227. The molecule has 3 aromatic heterocycles. The van der Waals surface area contributed by atoms with Crippen LogP contribution in [0.1, 0.15) is 24.4 Å². The minimum absolute atomic E-state index is 0.493. The Labute approximate surface area is 186 Å². The lowest BCUT2D eigenvalue weighted by molar-refractivity contribution is -0.145.